The van der Waals surface area contributed by atoms with E-state index in [1.807, 2.05) is 12.2 Å². The second-order valence-electron chi connectivity index (χ2n) is 9.48. The van der Waals surface area contributed by atoms with Gasteiger partial charge in [0.1, 0.15) is 11.4 Å². The highest BCUT2D eigenvalue weighted by molar-refractivity contribution is 5.69. The number of para-hydroxylation sites is 1. The number of ether oxygens (including phenoxy) is 1. The van der Waals surface area contributed by atoms with Gasteiger partial charge < -0.3 is 9.64 Å². The van der Waals surface area contributed by atoms with Crippen LogP contribution in [0, 0.1) is 17.9 Å². The zero-order chi connectivity index (χ0) is 23.4. The summed E-state index contributed by atoms with van der Waals surface area (Å²) in [6.07, 6.45) is 14.3. The van der Waals surface area contributed by atoms with E-state index in [4.69, 9.17) is 11.3 Å². The van der Waals surface area contributed by atoms with Crippen molar-refractivity contribution in [1.82, 2.24) is 0 Å². The molecular weight excluding hydrogens is 418 g/mol. The van der Waals surface area contributed by atoms with E-state index in [1.54, 1.807) is 0 Å². The first-order chi connectivity index (χ1) is 16.7. The minimum atomic E-state index is -0.277. The smallest absolute Gasteiger partial charge is 0.265 e. The topological polar surface area (TPSA) is 40.6 Å². The Labute approximate surface area is 202 Å². The number of hydrogen-bond donors (Lipinski definition) is 0. The highest BCUT2D eigenvalue weighted by Gasteiger charge is 2.38. The Kier molecular flexibility index (Phi) is 6.24. The molecule has 0 bridgehead atoms. The number of aryl methyl sites for hydroxylation is 1. The van der Waals surface area contributed by atoms with Gasteiger partial charge >= 0.3 is 0 Å². The second kappa shape index (κ2) is 9.62. The molecule has 0 radical (unpaired) electrons. The maximum atomic E-state index is 9.44. The lowest BCUT2D eigenvalue weighted by molar-refractivity contribution is -0.0285. The lowest BCUT2D eigenvalue weighted by Gasteiger charge is -2.41. The molecule has 1 fully saturated rings. The Bertz CT molecular complexity index is 1220. The van der Waals surface area contributed by atoms with E-state index in [1.165, 1.54) is 23.4 Å². The van der Waals surface area contributed by atoms with E-state index >= 15 is 0 Å². The SMILES string of the molecule is [C-]#[N+]C(C#N)=C1C=C(C=Cc2ccc(N3CCCc4ccccc43)cc2)OC2(CCCCC2)C1. The molecule has 4 heteroatoms. The molecule has 0 unspecified atom stereocenters. The molecule has 1 saturated carbocycles. The molecule has 5 rings (SSSR count). The molecule has 3 aliphatic rings. The van der Waals surface area contributed by atoms with E-state index in [-0.39, 0.29) is 11.3 Å². The molecule has 1 aliphatic carbocycles. The molecular formula is C30H29N3O. The monoisotopic (exact) mass is 447 g/mol. The molecule has 0 atom stereocenters. The van der Waals surface area contributed by atoms with E-state index in [0.717, 1.165) is 62.0 Å². The highest BCUT2D eigenvalue weighted by Crippen LogP contribution is 2.43. The van der Waals surface area contributed by atoms with Crippen LogP contribution in [0.2, 0.25) is 0 Å². The first-order valence-electron chi connectivity index (χ1n) is 12.2. The highest BCUT2D eigenvalue weighted by atomic mass is 16.5. The van der Waals surface area contributed by atoms with Crippen LogP contribution in [0.5, 0.6) is 0 Å². The number of nitrogens with zero attached hydrogens (tertiary/aromatic N) is 3. The van der Waals surface area contributed by atoms with Gasteiger partial charge in [-0.05, 0) is 85.6 Å². The number of anilines is 2. The summed E-state index contributed by atoms with van der Waals surface area (Å²) in [5.74, 6) is 0.744. The number of allylic oxidation sites excluding steroid dienone is 3. The summed E-state index contributed by atoms with van der Waals surface area (Å²) in [5, 5.41) is 9.44. The van der Waals surface area contributed by atoms with Gasteiger partial charge in [0.15, 0.2) is 0 Å². The molecule has 170 valence electrons. The quantitative estimate of drug-likeness (QED) is 0.361. The fraction of sp³-hybridized carbons (Fsp3) is 0.333. The molecule has 2 aromatic carbocycles. The molecule has 0 N–H and O–H groups in total. The number of rotatable bonds is 3. The molecule has 2 heterocycles. The third kappa shape index (κ3) is 4.50. The second-order valence-corrected chi connectivity index (χ2v) is 9.48. The zero-order valence-corrected chi connectivity index (χ0v) is 19.5. The number of fused-ring (bicyclic) bond motifs is 1. The Morgan fingerprint density at radius 2 is 1.82 bits per heavy atom. The van der Waals surface area contributed by atoms with Gasteiger partial charge in [0, 0.05) is 24.3 Å². The largest absolute Gasteiger partial charge is 0.487 e. The minimum Gasteiger partial charge on any atom is -0.487 e. The average molecular weight is 448 g/mol. The van der Waals surface area contributed by atoms with Crippen LogP contribution in [0.3, 0.4) is 0 Å². The van der Waals surface area contributed by atoms with Crippen LogP contribution in [0.25, 0.3) is 10.9 Å². The maximum absolute atomic E-state index is 9.44. The van der Waals surface area contributed by atoms with Gasteiger partial charge in [-0.1, -0.05) is 42.8 Å². The average Bonchev–Trinajstić information content (AvgIpc) is 2.88. The maximum Gasteiger partial charge on any atom is 0.265 e. The van der Waals surface area contributed by atoms with Crippen molar-refractivity contribution in [3.05, 3.63) is 100 Å². The summed E-state index contributed by atoms with van der Waals surface area (Å²) in [4.78, 5) is 5.87. The predicted molar refractivity (Wildman–Crippen MR) is 136 cm³/mol. The molecule has 0 aromatic heterocycles. The molecule has 0 saturated heterocycles. The van der Waals surface area contributed by atoms with Crippen molar-refractivity contribution >= 4 is 17.5 Å². The van der Waals surface area contributed by atoms with Crippen LogP contribution in [0.15, 0.2) is 77.7 Å². The fourth-order valence-corrected chi connectivity index (χ4v) is 5.51. The Balaban J connectivity index is 1.38. The van der Waals surface area contributed by atoms with Crippen LogP contribution < -0.4 is 4.90 Å². The minimum absolute atomic E-state index is 0.185. The number of benzene rings is 2. The van der Waals surface area contributed by atoms with Crippen molar-refractivity contribution in [2.45, 2.75) is 57.0 Å². The van der Waals surface area contributed by atoms with Gasteiger partial charge in [-0.15, -0.1) is 0 Å². The van der Waals surface area contributed by atoms with Crippen LogP contribution in [0.4, 0.5) is 11.4 Å². The first-order valence-corrected chi connectivity index (χ1v) is 12.2. The van der Waals surface area contributed by atoms with Crippen molar-refractivity contribution in [2.24, 2.45) is 0 Å². The van der Waals surface area contributed by atoms with E-state index in [2.05, 4.69) is 70.4 Å². The van der Waals surface area contributed by atoms with Crippen LogP contribution in [-0.2, 0) is 11.2 Å². The van der Waals surface area contributed by atoms with Gasteiger partial charge in [0.25, 0.3) is 5.70 Å². The summed E-state index contributed by atoms with van der Waals surface area (Å²) < 4.78 is 6.48. The molecule has 0 amide bonds. The Morgan fingerprint density at radius 3 is 2.59 bits per heavy atom. The van der Waals surface area contributed by atoms with E-state index in [9.17, 15) is 5.26 Å². The van der Waals surface area contributed by atoms with E-state index in [0.29, 0.717) is 6.42 Å². The Hall–Kier alpha value is -3.76. The number of hydrogen-bond acceptors (Lipinski definition) is 3. The van der Waals surface area contributed by atoms with Crippen molar-refractivity contribution in [1.29, 1.82) is 5.26 Å². The van der Waals surface area contributed by atoms with Gasteiger partial charge in [-0.3, -0.25) is 0 Å². The summed E-state index contributed by atoms with van der Waals surface area (Å²) in [6, 6.07) is 19.4. The third-order valence-electron chi connectivity index (χ3n) is 7.21. The predicted octanol–water partition coefficient (Wildman–Crippen LogP) is 7.49. The summed E-state index contributed by atoms with van der Waals surface area (Å²) >= 11 is 0. The first kappa shape index (κ1) is 22.1. The van der Waals surface area contributed by atoms with Gasteiger partial charge in [-0.2, -0.15) is 0 Å². The van der Waals surface area contributed by atoms with Crippen molar-refractivity contribution in [2.75, 3.05) is 11.4 Å². The lowest BCUT2D eigenvalue weighted by atomic mass is 9.78. The molecule has 4 nitrogen and oxygen atoms in total. The standard InChI is InChI=1S/C30H29N3O/c1-32-28(22-31)25-20-27(34-30(21-25)17-5-2-6-18-30)16-13-23-11-14-26(15-12-23)33-19-7-9-24-8-3-4-10-29(24)33/h3-4,8,10-16,20H,2,5-7,9,17-19,21H2. The van der Waals surface area contributed by atoms with Gasteiger partial charge in [-0.25, -0.2) is 10.1 Å². The molecule has 34 heavy (non-hydrogen) atoms. The summed E-state index contributed by atoms with van der Waals surface area (Å²) in [5.41, 5.74) is 5.74. The van der Waals surface area contributed by atoms with Crippen LogP contribution in [-0.4, -0.2) is 12.1 Å². The lowest BCUT2D eigenvalue weighted by Crippen LogP contribution is -2.37. The zero-order valence-electron chi connectivity index (χ0n) is 19.5. The Morgan fingerprint density at radius 1 is 1.03 bits per heavy atom. The van der Waals surface area contributed by atoms with Crippen molar-refractivity contribution in [3.8, 4) is 6.07 Å². The summed E-state index contributed by atoms with van der Waals surface area (Å²) in [7, 11) is 0. The van der Waals surface area contributed by atoms with Gasteiger partial charge in [0.05, 0.1) is 12.6 Å². The third-order valence-corrected chi connectivity index (χ3v) is 7.21. The van der Waals surface area contributed by atoms with E-state index < -0.39 is 0 Å². The van der Waals surface area contributed by atoms with Gasteiger partial charge in [0.2, 0.25) is 0 Å². The molecule has 1 spiro atoms. The van der Waals surface area contributed by atoms with Crippen molar-refractivity contribution < 1.29 is 4.74 Å². The van der Waals surface area contributed by atoms with Crippen LogP contribution >= 0.6 is 0 Å². The molecule has 2 aromatic rings. The van der Waals surface area contributed by atoms with Crippen molar-refractivity contribution in [3.63, 3.8) is 0 Å². The van der Waals surface area contributed by atoms with Crippen LogP contribution in [0.1, 0.15) is 56.1 Å². The normalized spacial score (nSPS) is 20.6. The fourth-order valence-electron chi connectivity index (χ4n) is 5.51. The number of nitriles is 1. The summed E-state index contributed by atoms with van der Waals surface area (Å²) in [6.45, 7) is 8.44. The molecule has 2 aliphatic heterocycles.